The molecule has 4 nitrogen and oxygen atoms in total. The van der Waals surface area contributed by atoms with Gasteiger partial charge in [-0.25, -0.2) is 5.43 Å². The first-order valence-corrected chi connectivity index (χ1v) is 8.13. The highest BCUT2D eigenvalue weighted by Crippen LogP contribution is 2.38. The number of nitrogens with one attached hydrogen (secondary N) is 1. The average Bonchev–Trinajstić information content (AvgIpc) is 2.49. The van der Waals surface area contributed by atoms with Gasteiger partial charge in [0.05, 0.1) is 15.2 Å². The molecule has 0 bridgehead atoms. The Bertz CT molecular complexity index is 703. The van der Waals surface area contributed by atoms with Crippen molar-refractivity contribution in [2.24, 2.45) is 5.10 Å². The number of hydrazone groups is 1. The summed E-state index contributed by atoms with van der Waals surface area (Å²) in [6, 6.07) is 10.5. The van der Waals surface area contributed by atoms with Crippen molar-refractivity contribution in [1.29, 1.82) is 0 Å². The number of aromatic hydroxyl groups is 1. The molecule has 2 aromatic rings. The molecule has 7 heteroatoms. The predicted molar refractivity (Wildman–Crippen MR) is 92.7 cm³/mol. The van der Waals surface area contributed by atoms with Gasteiger partial charge in [0.25, 0.3) is 5.91 Å². The van der Waals surface area contributed by atoms with Crippen molar-refractivity contribution in [2.75, 3.05) is 0 Å². The number of hydrogen-bond donors (Lipinski definition) is 2. The zero-order valence-corrected chi connectivity index (χ0v) is 15.2. The Labute approximate surface area is 146 Å². The minimum absolute atomic E-state index is 0.0639. The topological polar surface area (TPSA) is 61.7 Å². The molecule has 0 aliphatic carbocycles. The Hall–Kier alpha value is -1.18. The Kier molecular flexibility index (Phi) is 5.55. The van der Waals surface area contributed by atoms with Crippen molar-refractivity contribution >= 4 is 59.9 Å². The summed E-state index contributed by atoms with van der Waals surface area (Å²) in [6.45, 7) is 0. The van der Waals surface area contributed by atoms with Crippen LogP contribution in [0.15, 0.2) is 54.9 Å². The molecule has 0 heterocycles. The average molecular weight is 477 g/mol. The summed E-state index contributed by atoms with van der Waals surface area (Å²) >= 11 is 9.88. The molecule has 0 saturated carbocycles. The largest absolute Gasteiger partial charge is 0.506 e. The highest BCUT2D eigenvalue weighted by molar-refractivity contribution is 9.11. The van der Waals surface area contributed by atoms with Crippen molar-refractivity contribution in [3.8, 4) is 5.75 Å². The predicted octanol–water partition coefficient (Wildman–Crippen LogP) is 4.44. The van der Waals surface area contributed by atoms with Gasteiger partial charge in [-0.15, -0.1) is 0 Å². The van der Waals surface area contributed by atoms with E-state index in [4.69, 9.17) is 0 Å². The molecule has 2 N–H and O–H groups in total. The number of benzene rings is 2. The van der Waals surface area contributed by atoms with Crippen molar-refractivity contribution < 1.29 is 9.90 Å². The molecule has 0 saturated heterocycles. The van der Waals surface area contributed by atoms with Crippen LogP contribution in [-0.4, -0.2) is 17.2 Å². The molecule has 0 atom stereocenters. The van der Waals surface area contributed by atoms with Gasteiger partial charge in [-0.1, -0.05) is 34.1 Å². The molecule has 0 aliphatic rings. The van der Waals surface area contributed by atoms with E-state index in [0.717, 1.165) is 4.47 Å². The van der Waals surface area contributed by atoms with Crippen LogP contribution in [0.25, 0.3) is 0 Å². The fourth-order valence-electron chi connectivity index (χ4n) is 1.52. The highest BCUT2D eigenvalue weighted by atomic mass is 79.9. The molecule has 0 aliphatic heterocycles. The maximum absolute atomic E-state index is 11.8. The Balaban J connectivity index is 2.16. The summed E-state index contributed by atoms with van der Waals surface area (Å²) in [5.41, 5.74) is 3.57. The van der Waals surface area contributed by atoms with Crippen LogP contribution < -0.4 is 5.43 Å². The lowest BCUT2D eigenvalue weighted by Crippen LogP contribution is -2.17. The third-order valence-corrected chi connectivity index (χ3v) is 4.64. The minimum atomic E-state index is -0.305. The van der Waals surface area contributed by atoms with Gasteiger partial charge in [-0.3, -0.25) is 4.79 Å². The molecular weight excluding hydrogens is 468 g/mol. The van der Waals surface area contributed by atoms with Crippen LogP contribution in [0.3, 0.4) is 0 Å². The van der Waals surface area contributed by atoms with Crippen LogP contribution in [0.2, 0.25) is 0 Å². The lowest BCUT2D eigenvalue weighted by Gasteiger charge is -2.06. The molecule has 0 aromatic heterocycles. The monoisotopic (exact) mass is 474 g/mol. The first kappa shape index (κ1) is 16.2. The first-order valence-electron chi connectivity index (χ1n) is 5.75. The van der Waals surface area contributed by atoms with Crippen LogP contribution in [0.1, 0.15) is 15.9 Å². The molecule has 21 heavy (non-hydrogen) atoms. The lowest BCUT2D eigenvalue weighted by atomic mass is 10.2. The van der Waals surface area contributed by atoms with Crippen molar-refractivity contribution in [3.63, 3.8) is 0 Å². The number of carbonyl (C=O) groups is 1. The molecule has 0 unspecified atom stereocenters. The second-order valence-electron chi connectivity index (χ2n) is 3.98. The fourth-order valence-corrected chi connectivity index (χ4v) is 3.85. The number of nitrogens with zero attached hydrogens (tertiary/aromatic N) is 1. The van der Waals surface area contributed by atoms with E-state index in [1.807, 2.05) is 6.07 Å². The quantitative estimate of drug-likeness (QED) is 0.508. The van der Waals surface area contributed by atoms with Crippen LogP contribution in [0.5, 0.6) is 5.75 Å². The SMILES string of the molecule is O=C(N/N=C\c1c(Br)cc(Br)c(O)c1Br)c1ccccc1. The van der Waals surface area contributed by atoms with Crippen LogP contribution in [0.4, 0.5) is 0 Å². The number of carbonyl (C=O) groups excluding carboxylic acids is 1. The van der Waals surface area contributed by atoms with Gasteiger partial charge < -0.3 is 5.11 Å². The summed E-state index contributed by atoms with van der Waals surface area (Å²) in [6.07, 6.45) is 1.45. The third-order valence-electron chi connectivity index (χ3n) is 2.58. The van der Waals surface area contributed by atoms with Gasteiger partial charge in [-0.2, -0.15) is 5.10 Å². The van der Waals surface area contributed by atoms with Gasteiger partial charge >= 0.3 is 0 Å². The molecule has 108 valence electrons. The zero-order valence-electron chi connectivity index (χ0n) is 10.5. The number of phenolic OH excluding ortho intramolecular Hbond substituents is 1. The Morgan fingerprint density at radius 3 is 2.48 bits per heavy atom. The van der Waals surface area contributed by atoms with E-state index in [-0.39, 0.29) is 11.7 Å². The van der Waals surface area contributed by atoms with E-state index in [1.54, 1.807) is 30.3 Å². The minimum Gasteiger partial charge on any atom is -0.506 e. The zero-order chi connectivity index (χ0) is 15.4. The molecular formula is C14H9Br3N2O2. The molecule has 0 spiro atoms. The van der Waals surface area contributed by atoms with Gasteiger partial charge in [0.15, 0.2) is 0 Å². The fraction of sp³-hybridized carbons (Fsp3) is 0. The summed E-state index contributed by atoms with van der Waals surface area (Å²) in [4.78, 5) is 11.8. The van der Waals surface area contributed by atoms with Crippen molar-refractivity contribution in [2.45, 2.75) is 0 Å². The van der Waals surface area contributed by atoms with Gasteiger partial charge in [0.1, 0.15) is 5.75 Å². The number of hydrogen-bond acceptors (Lipinski definition) is 3. The Morgan fingerprint density at radius 2 is 1.81 bits per heavy atom. The molecule has 2 rings (SSSR count). The summed E-state index contributed by atoms with van der Waals surface area (Å²) in [5.74, 6) is -0.241. The summed E-state index contributed by atoms with van der Waals surface area (Å²) in [7, 11) is 0. The second kappa shape index (κ2) is 7.20. The number of phenols is 1. The van der Waals surface area contributed by atoms with Gasteiger partial charge in [0.2, 0.25) is 0 Å². The summed E-state index contributed by atoms with van der Waals surface area (Å²) < 4.78 is 1.74. The van der Waals surface area contributed by atoms with E-state index >= 15 is 0 Å². The molecule has 2 aromatic carbocycles. The summed E-state index contributed by atoms with van der Waals surface area (Å²) in [5, 5.41) is 13.7. The van der Waals surface area contributed by atoms with Crippen LogP contribution >= 0.6 is 47.8 Å². The number of amides is 1. The molecule has 0 radical (unpaired) electrons. The van der Waals surface area contributed by atoms with Crippen LogP contribution in [-0.2, 0) is 0 Å². The molecule has 1 amide bonds. The highest BCUT2D eigenvalue weighted by Gasteiger charge is 2.12. The Morgan fingerprint density at radius 1 is 1.14 bits per heavy atom. The van der Waals surface area contributed by atoms with Crippen LogP contribution in [0, 0.1) is 0 Å². The maximum Gasteiger partial charge on any atom is 0.271 e. The van der Waals surface area contributed by atoms with E-state index in [9.17, 15) is 9.90 Å². The van der Waals surface area contributed by atoms with E-state index in [1.165, 1.54) is 6.21 Å². The molecule has 0 fully saturated rings. The second-order valence-corrected chi connectivity index (χ2v) is 6.48. The van der Waals surface area contributed by atoms with E-state index in [2.05, 4.69) is 58.3 Å². The standard InChI is InChI=1S/C14H9Br3N2O2/c15-10-6-11(16)13(20)12(17)9(10)7-18-19-14(21)8-4-2-1-3-5-8/h1-7,20H,(H,19,21)/b18-7-. The number of halogens is 3. The van der Waals surface area contributed by atoms with Crippen molar-refractivity contribution in [3.05, 3.63) is 60.9 Å². The lowest BCUT2D eigenvalue weighted by molar-refractivity contribution is 0.0955. The van der Waals surface area contributed by atoms with Crippen molar-refractivity contribution in [1.82, 2.24) is 5.43 Å². The first-order chi connectivity index (χ1) is 10.0. The van der Waals surface area contributed by atoms with E-state index in [0.29, 0.717) is 20.1 Å². The third kappa shape index (κ3) is 3.93. The number of rotatable bonds is 3. The van der Waals surface area contributed by atoms with Gasteiger partial charge in [0, 0.05) is 15.6 Å². The smallest absolute Gasteiger partial charge is 0.271 e. The maximum atomic E-state index is 11.8. The van der Waals surface area contributed by atoms with E-state index < -0.39 is 0 Å². The normalized spacial score (nSPS) is 10.8. The van der Waals surface area contributed by atoms with Gasteiger partial charge in [-0.05, 0) is 50.1 Å².